The van der Waals surface area contributed by atoms with Crippen molar-refractivity contribution in [2.45, 2.75) is 26.7 Å². The van der Waals surface area contributed by atoms with Gasteiger partial charge in [0, 0.05) is 24.5 Å². The van der Waals surface area contributed by atoms with Crippen LogP contribution in [-0.4, -0.2) is 23.8 Å². The lowest BCUT2D eigenvalue weighted by molar-refractivity contribution is 0.491. The van der Waals surface area contributed by atoms with Gasteiger partial charge in [-0.15, -0.1) is 0 Å². The van der Waals surface area contributed by atoms with E-state index in [1.54, 1.807) is 0 Å². The fraction of sp³-hybridized carbons (Fsp3) is 0.400. The standard InChI is InChI=1S/C15H19ClN2/c1-11(2)10-18-8-4-5-15(18)17-13-7-6-12(3)14(16)9-13/h6-7,9H,1,4-5,8,10H2,2-3H3. The van der Waals surface area contributed by atoms with Crippen LogP contribution in [0.1, 0.15) is 25.3 Å². The number of aryl methyl sites for hydroxylation is 1. The molecule has 0 unspecified atom stereocenters. The Hall–Kier alpha value is -1.28. The van der Waals surface area contributed by atoms with Gasteiger partial charge in [-0.3, -0.25) is 0 Å². The van der Waals surface area contributed by atoms with Gasteiger partial charge in [0.2, 0.25) is 0 Å². The highest BCUT2D eigenvalue weighted by atomic mass is 35.5. The molecule has 1 saturated heterocycles. The van der Waals surface area contributed by atoms with Gasteiger partial charge in [0.15, 0.2) is 0 Å². The molecule has 1 aliphatic heterocycles. The Morgan fingerprint density at radius 3 is 2.94 bits per heavy atom. The third-order valence-corrected chi connectivity index (χ3v) is 3.47. The molecule has 3 heteroatoms. The Bertz CT molecular complexity index is 491. The summed E-state index contributed by atoms with van der Waals surface area (Å²) in [6.07, 6.45) is 2.21. The molecule has 0 aliphatic carbocycles. The number of halogens is 1. The van der Waals surface area contributed by atoms with Crippen LogP contribution in [0.5, 0.6) is 0 Å². The summed E-state index contributed by atoms with van der Waals surface area (Å²) in [7, 11) is 0. The van der Waals surface area contributed by atoms with Crippen LogP contribution in [0.4, 0.5) is 5.69 Å². The molecule has 0 bridgehead atoms. The fourth-order valence-electron chi connectivity index (χ4n) is 2.14. The zero-order valence-corrected chi connectivity index (χ0v) is 11.8. The molecule has 0 saturated carbocycles. The summed E-state index contributed by atoms with van der Waals surface area (Å²) in [5.41, 5.74) is 3.20. The topological polar surface area (TPSA) is 15.6 Å². The first-order chi connectivity index (χ1) is 8.56. The highest BCUT2D eigenvalue weighted by Crippen LogP contribution is 2.24. The van der Waals surface area contributed by atoms with Gasteiger partial charge in [-0.2, -0.15) is 0 Å². The first-order valence-corrected chi connectivity index (χ1v) is 6.67. The maximum atomic E-state index is 6.12. The van der Waals surface area contributed by atoms with Crippen molar-refractivity contribution in [3.05, 3.63) is 40.9 Å². The lowest BCUT2D eigenvalue weighted by atomic mass is 10.2. The second kappa shape index (κ2) is 5.57. The van der Waals surface area contributed by atoms with Gasteiger partial charge in [-0.05, 0) is 38.0 Å². The molecule has 1 aromatic carbocycles. The van der Waals surface area contributed by atoms with Crippen molar-refractivity contribution in [3.8, 4) is 0 Å². The highest BCUT2D eigenvalue weighted by molar-refractivity contribution is 6.31. The molecule has 0 atom stereocenters. The summed E-state index contributed by atoms with van der Waals surface area (Å²) >= 11 is 6.12. The first kappa shape index (κ1) is 13.2. The smallest absolute Gasteiger partial charge is 0.105 e. The molecule has 1 fully saturated rings. The Morgan fingerprint density at radius 1 is 1.50 bits per heavy atom. The predicted molar refractivity (Wildman–Crippen MR) is 78.9 cm³/mol. The van der Waals surface area contributed by atoms with Gasteiger partial charge in [0.05, 0.1) is 5.69 Å². The SMILES string of the molecule is C=C(C)CN1CCCC1=Nc1ccc(C)c(Cl)c1. The van der Waals surface area contributed by atoms with Crippen molar-refractivity contribution in [3.63, 3.8) is 0 Å². The molecule has 0 radical (unpaired) electrons. The number of hydrogen-bond donors (Lipinski definition) is 0. The summed E-state index contributed by atoms with van der Waals surface area (Å²) in [4.78, 5) is 7.01. The molecule has 96 valence electrons. The summed E-state index contributed by atoms with van der Waals surface area (Å²) in [6.45, 7) is 10.0. The molecule has 1 aromatic rings. The largest absolute Gasteiger partial charge is 0.356 e. The van der Waals surface area contributed by atoms with Crippen LogP contribution in [-0.2, 0) is 0 Å². The van der Waals surface area contributed by atoms with Crippen molar-refractivity contribution >= 4 is 23.1 Å². The summed E-state index contributed by atoms with van der Waals surface area (Å²) in [5.74, 6) is 1.15. The number of rotatable bonds is 3. The number of benzene rings is 1. The molecule has 2 nitrogen and oxygen atoms in total. The summed E-state index contributed by atoms with van der Waals surface area (Å²) < 4.78 is 0. The Balaban J connectivity index is 2.20. The van der Waals surface area contributed by atoms with Crippen molar-refractivity contribution in [1.29, 1.82) is 0 Å². The van der Waals surface area contributed by atoms with Gasteiger partial charge in [-0.25, -0.2) is 4.99 Å². The van der Waals surface area contributed by atoms with E-state index < -0.39 is 0 Å². The van der Waals surface area contributed by atoms with Crippen LogP contribution in [0.3, 0.4) is 0 Å². The zero-order valence-electron chi connectivity index (χ0n) is 11.0. The van der Waals surface area contributed by atoms with E-state index in [1.807, 2.05) is 25.1 Å². The zero-order chi connectivity index (χ0) is 13.1. The Kier molecular flexibility index (Phi) is 4.07. The first-order valence-electron chi connectivity index (χ1n) is 6.29. The van der Waals surface area contributed by atoms with E-state index in [1.165, 1.54) is 12.0 Å². The van der Waals surface area contributed by atoms with Crippen molar-refractivity contribution < 1.29 is 0 Å². The molecule has 2 rings (SSSR count). The Morgan fingerprint density at radius 2 is 2.28 bits per heavy atom. The number of likely N-dealkylation sites (tertiary alicyclic amines) is 1. The number of hydrogen-bond acceptors (Lipinski definition) is 1. The van der Waals surface area contributed by atoms with E-state index in [2.05, 4.69) is 18.4 Å². The molecule has 18 heavy (non-hydrogen) atoms. The van der Waals surface area contributed by atoms with E-state index >= 15 is 0 Å². The van der Waals surface area contributed by atoms with Gasteiger partial charge < -0.3 is 4.90 Å². The van der Waals surface area contributed by atoms with Crippen molar-refractivity contribution in [2.24, 2.45) is 4.99 Å². The molecule has 1 heterocycles. The van der Waals surface area contributed by atoms with E-state index in [-0.39, 0.29) is 0 Å². The normalized spacial score (nSPS) is 17.5. The van der Waals surface area contributed by atoms with Crippen LogP contribution < -0.4 is 0 Å². The minimum absolute atomic E-state index is 0.779. The quantitative estimate of drug-likeness (QED) is 0.740. The second-order valence-electron chi connectivity index (χ2n) is 4.94. The van der Waals surface area contributed by atoms with E-state index in [4.69, 9.17) is 16.6 Å². The molecular formula is C15H19ClN2. The lowest BCUT2D eigenvalue weighted by Gasteiger charge is -2.18. The molecule has 0 N–H and O–H groups in total. The second-order valence-corrected chi connectivity index (χ2v) is 5.35. The van der Waals surface area contributed by atoms with E-state index in [0.29, 0.717) is 0 Å². The third-order valence-electron chi connectivity index (χ3n) is 3.07. The van der Waals surface area contributed by atoms with Gasteiger partial charge in [0.1, 0.15) is 5.84 Å². The number of aliphatic imine (C=N–C) groups is 1. The fourth-order valence-corrected chi connectivity index (χ4v) is 2.31. The maximum Gasteiger partial charge on any atom is 0.105 e. The average molecular weight is 263 g/mol. The molecule has 0 spiro atoms. The molecular weight excluding hydrogens is 244 g/mol. The van der Waals surface area contributed by atoms with Crippen LogP contribution in [0.2, 0.25) is 5.02 Å². The van der Waals surface area contributed by atoms with Crippen molar-refractivity contribution in [1.82, 2.24) is 4.90 Å². The van der Waals surface area contributed by atoms with Gasteiger partial charge in [-0.1, -0.05) is 29.8 Å². The van der Waals surface area contributed by atoms with Crippen LogP contribution in [0.25, 0.3) is 0 Å². The minimum atomic E-state index is 0.779. The third kappa shape index (κ3) is 3.14. The lowest BCUT2D eigenvalue weighted by Crippen LogP contribution is -2.26. The van der Waals surface area contributed by atoms with Gasteiger partial charge in [0.25, 0.3) is 0 Å². The predicted octanol–water partition coefficient (Wildman–Crippen LogP) is 4.35. The van der Waals surface area contributed by atoms with Crippen LogP contribution >= 0.6 is 11.6 Å². The van der Waals surface area contributed by atoms with Crippen LogP contribution in [0, 0.1) is 6.92 Å². The highest BCUT2D eigenvalue weighted by Gasteiger charge is 2.18. The maximum absolute atomic E-state index is 6.12. The van der Waals surface area contributed by atoms with Crippen LogP contribution in [0.15, 0.2) is 35.3 Å². The number of amidine groups is 1. The Labute approximate surface area is 114 Å². The molecule has 0 aromatic heterocycles. The van der Waals surface area contributed by atoms with E-state index in [9.17, 15) is 0 Å². The minimum Gasteiger partial charge on any atom is -0.356 e. The average Bonchev–Trinajstić information content (AvgIpc) is 2.70. The molecule has 0 amide bonds. The van der Waals surface area contributed by atoms with E-state index in [0.717, 1.165) is 41.6 Å². The number of nitrogens with zero attached hydrogens (tertiary/aromatic N) is 2. The molecule has 1 aliphatic rings. The monoisotopic (exact) mass is 262 g/mol. The van der Waals surface area contributed by atoms with Gasteiger partial charge >= 0.3 is 0 Å². The summed E-state index contributed by atoms with van der Waals surface area (Å²) in [5, 5.41) is 0.779. The summed E-state index contributed by atoms with van der Waals surface area (Å²) in [6, 6.07) is 5.96. The van der Waals surface area contributed by atoms with Crippen molar-refractivity contribution in [2.75, 3.05) is 13.1 Å².